The number of benzene rings is 1. The van der Waals surface area contributed by atoms with Gasteiger partial charge in [-0.15, -0.1) is 11.6 Å². The van der Waals surface area contributed by atoms with E-state index in [9.17, 15) is 13.2 Å². The van der Waals surface area contributed by atoms with Gasteiger partial charge >= 0.3 is 0 Å². The highest BCUT2D eigenvalue weighted by atomic mass is 35.5. The zero-order chi connectivity index (χ0) is 13.9. The van der Waals surface area contributed by atoms with E-state index in [-0.39, 0.29) is 21.5 Å². The third kappa shape index (κ3) is 3.35. The molecule has 8 heteroatoms. The molecule has 0 aliphatic heterocycles. The van der Waals surface area contributed by atoms with E-state index in [0.29, 0.717) is 0 Å². The number of nitrogens with zero attached hydrogens (tertiary/aromatic N) is 1. The minimum Gasteiger partial charge on any atom is -0.324 e. The number of rotatable bonds is 4. The third-order valence-electron chi connectivity index (χ3n) is 2.11. The topological polar surface area (TPSA) is 66.5 Å². The van der Waals surface area contributed by atoms with Gasteiger partial charge in [-0.05, 0) is 18.2 Å². The van der Waals surface area contributed by atoms with E-state index in [4.69, 9.17) is 23.2 Å². The van der Waals surface area contributed by atoms with Crippen LogP contribution < -0.4 is 5.32 Å². The first-order valence-corrected chi connectivity index (χ1v) is 7.22. The first-order chi connectivity index (χ1) is 8.28. The molecule has 0 unspecified atom stereocenters. The Kier molecular flexibility index (Phi) is 4.98. The van der Waals surface area contributed by atoms with Crippen molar-refractivity contribution in [3.63, 3.8) is 0 Å². The second-order valence-corrected chi connectivity index (χ2v) is 6.44. The van der Waals surface area contributed by atoms with Crippen molar-refractivity contribution < 1.29 is 13.2 Å². The molecule has 18 heavy (non-hydrogen) atoms. The smallest absolute Gasteiger partial charge is 0.242 e. The molecule has 1 N–H and O–H groups in total. The van der Waals surface area contributed by atoms with Crippen molar-refractivity contribution in [1.82, 2.24) is 4.31 Å². The van der Waals surface area contributed by atoms with Crippen LogP contribution in [0.5, 0.6) is 0 Å². The summed E-state index contributed by atoms with van der Waals surface area (Å²) in [6, 6.07) is 4.07. The second kappa shape index (κ2) is 5.88. The summed E-state index contributed by atoms with van der Waals surface area (Å²) in [5, 5.41) is 2.67. The predicted octanol–water partition coefficient (Wildman–Crippen LogP) is 1.77. The van der Waals surface area contributed by atoms with Crippen LogP contribution >= 0.6 is 23.2 Å². The number of alkyl halides is 1. The number of carbonyl (C=O) groups excluding carboxylic acids is 1. The molecule has 0 heterocycles. The molecule has 0 atom stereocenters. The van der Waals surface area contributed by atoms with Gasteiger partial charge in [0.2, 0.25) is 15.9 Å². The zero-order valence-electron chi connectivity index (χ0n) is 9.78. The summed E-state index contributed by atoms with van der Waals surface area (Å²) < 4.78 is 24.9. The standard InChI is InChI=1S/C10H12Cl2N2O3S/c1-14(2)18(16,17)7-3-4-8(12)9(5-7)13-10(15)6-11/h3-5H,6H2,1-2H3,(H,13,15). The number of halogens is 2. The summed E-state index contributed by atoms with van der Waals surface area (Å²) in [5.41, 5.74) is 0.213. The lowest BCUT2D eigenvalue weighted by Crippen LogP contribution is -2.22. The number of hydrogen-bond donors (Lipinski definition) is 1. The van der Waals surface area contributed by atoms with Crippen LogP contribution in [0.3, 0.4) is 0 Å². The van der Waals surface area contributed by atoms with Gasteiger partial charge in [-0.25, -0.2) is 12.7 Å². The summed E-state index contributed by atoms with van der Waals surface area (Å²) in [7, 11) is -0.733. The molecule has 0 saturated heterocycles. The fourth-order valence-electron chi connectivity index (χ4n) is 1.16. The van der Waals surface area contributed by atoms with Crippen molar-refractivity contribution in [3.05, 3.63) is 23.2 Å². The van der Waals surface area contributed by atoms with Crippen LogP contribution in [0.15, 0.2) is 23.1 Å². The summed E-state index contributed by atoms with van der Waals surface area (Å²) >= 11 is 11.2. The fourth-order valence-corrected chi connectivity index (χ4v) is 2.32. The Balaban J connectivity index is 3.20. The maximum Gasteiger partial charge on any atom is 0.242 e. The molecule has 1 aromatic carbocycles. The second-order valence-electron chi connectivity index (χ2n) is 3.61. The molecule has 0 radical (unpaired) electrons. The number of sulfonamides is 1. The molecular weight excluding hydrogens is 299 g/mol. The van der Waals surface area contributed by atoms with Crippen LogP contribution in [-0.2, 0) is 14.8 Å². The van der Waals surface area contributed by atoms with Gasteiger partial charge in [0.25, 0.3) is 0 Å². The summed E-state index contributed by atoms with van der Waals surface area (Å²) in [6.45, 7) is 0. The van der Waals surface area contributed by atoms with E-state index in [0.717, 1.165) is 4.31 Å². The maximum absolute atomic E-state index is 11.9. The van der Waals surface area contributed by atoms with Gasteiger partial charge in [-0.2, -0.15) is 0 Å². The molecule has 0 aliphatic rings. The van der Waals surface area contributed by atoms with E-state index in [1.807, 2.05) is 0 Å². The molecule has 0 aromatic heterocycles. The molecule has 0 fully saturated rings. The van der Waals surface area contributed by atoms with Gasteiger partial charge in [0.15, 0.2) is 0 Å². The Hall–Kier alpha value is -0.820. The molecule has 0 spiro atoms. The molecular formula is C10H12Cl2N2O3S. The normalized spacial score (nSPS) is 11.6. The van der Waals surface area contributed by atoms with E-state index in [1.165, 1.54) is 32.3 Å². The van der Waals surface area contributed by atoms with Crippen molar-refractivity contribution in [3.8, 4) is 0 Å². The van der Waals surface area contributed by atoms with Gasteiger partial charge in [-0.1, -0.05) is 11.6 Å². The fraction of sp³-hybridized carbons (Fsp3) is 0.300. The van der Waals surface area contributed by atoms with Gasteiger partial charge in [-0.3, -0.25) is 4.79 Å². The van der Waals surface area contributed by atoms with Crippen molar-refractivity contribution in [2.75, 3.05) is 25.3 Å². The Morgan fingerprint density at radius 3 is 2.50 bits per heavy atom. The van der Waals surface area contributed by atoms with Crippen LogP contribution in [0.1, 0.15) is 0 Å². The average Bonchev–Trinajstić information content (AvgIpc) is 2.31. The van der Waals surface area contributed by atoms with Crippen LogP contribution in [0.25, 0.3) is 0 Å². The molecule has 1 rings (SSSR count). The highest BCUT2D eigenvalue weighted by Crippen LogP contribution is 2.26. The Morgan fingerprint density at radius 1 is 1.39 bits per heavy atom. The quantitative estimate of drug-likeness (QED) is 0.862. The molecule has 0 saturated carbocycles. The van der Waals surface area contributed by atoms with Gasteiger partial charge in [0.1, 0.15) is 5.88 Å². The number of carbonyl (C=O) groups is 1. The number of amides is 1. The van der Waals surface area contributed by atoms with Crippen molar-refractivity contribution in [2.45, 2.75) is 4.90 Å². The molecule has 0 aliphatic carbocycles. The number of anilines is 1. The first kappa shape index (κ1) is 15.2. The summed E-state index contributed by atoms with van der Waals surface area (Å²) in [4.78, 5) is 11.2. The molecule has 1 amide bonds. The maximum atomic E-state index is 11.9. The minimum absolute atomic E-state index is 0.0433. The molecule has 1 aromatic rings. The number of hydrogen-bond acceptors (Lipinski definition) is 3. The third-order valence-corrected chi connectivity index (χ3v) is 4.50. The van der Waals surface area contributed by atoms with Crippen molar-refractivity contribution >= 4 is 44.8 Å². The van der Waals surface area contributed by atoms with Gasteiger partial charge < -0.3 is 5.32 Å². The van der Waals surface area contributed by atoms with Crippen molar-refractivity contribution in [1.29, 1.82) is 0 Å². The summed E-state index contributed by atoms with van der Waals surface area (Å²) in [6.07, 6.45) is 0. The first-order valence-electron chi connectivity index (χ1n) is 4.87. The average molecular weight is 311 g/mol. The Morgan fingerprint density at radius 2 is 2.00 bits per heavy atom. The van der Waals surface area contributed by atoms with Crippen LogP contribution in [0.2, 0.25) is 5.02 Å². The van der Waals surface area contributed by atoms with E-state index < -0.39 is 15.9 Å². The van der Waals surface area contributed by atoms with Crippen molar-refractivity contribution in [2.24, 2.45) is 0 Å². The highest BCUT2D eigenvalue weighted by molar-refractivity contribution is 7.89. The Bertz CT molecular complexity index is 558. The highest BCUT2D eigenvalue weighted by Gasteiger charge is 2.18. The lowest BCUT2D eigenvalue weighted by molar-refractivity contribution is -0.113. The van der Waals surface area contributed by atoms with E-state index >= 15 is 0 Å². The monoisotopic (exact) mass is 310 g/mol. The number of nitrogens with one attached hydrogen (secondary N) is 1. The zero-order valence-corrected chi connectivity index (χ0v) is 12.1. The predicted molar refractivity (Wildman–Crippen MR) is 71.7 cm³/mol. The van der Waals surface area contributed by atoms with Crippen LogP contribution in [-0.4, -0.2) is 38.6 Å². The lowest BCUT2D eigenvalue weighted by Gasteiger charge is -2.13. The van der Waals surface area contributed by atoms with E-state index in [2.05, 4.69) is 5.32 Å². The molecule has 100 valence electrons. The molecule has 0 bridgehead atoms. The largest absolute Gasteiger partial charge is 0.324 e. The SMILES string of the molecule is CN(C)S(=O)(=O)c1ccc(Cl)c(NC(=O)CCl)c1. The van der Waals surface area contributed by atoms with E-state index in [1.54, 1.807) is 0 Å². The minimum atomic E-state index is -3.57. The van der Waals surface area contributed by atoms with Gasteiger partial charge in [0, 0.05) is 14.1 Å². The van der Waals surface area contributed by atoms with Gasteiger partial charge in [0.05, 0.1) is 15.6 Å². The summed E-state index contributed by atoms with van der Waals surface area (Å²) in [5.74, 6) is -0.695. The Labute approximate surface area is 116 Å². The lowest BCUT2D eigenvalue weighted by atomic mass is 10.3. The molecule has 5 nitrogen and oxygen atoms in total. The van der Waals surface area contributed by atoms with Crippen LogP contribution in [0, 0.1) is 0 Å². The van der Waals surface area contributed by atoms with Crippen LogP contribution in [0.4, 0.5) is 5.69 Å².